The maximum Gasteiger partial charge on any atom is 0.0123 e. The van der Waals surface area contributed by atoms with E-state index in [9.17, 15) is 0 Å². The van der Waals surface area contributed by atoms with Crippen LogP contribution in [0.3, 0.4) is 0 Å². The van der Waals surface area contributed by atoms with Crippen LogP contribution in [0.2, 0.25) is 0 Å². The van der Waals surface area contributed by atoms with Gasteiger partial charge in [-0.15, -0.1) is 0 Å². The molecule has 0 aromatic carbocycles. The minimum Gasteiger partial charge on any atom is -0.314 e. The minimum absolute atomic E-state index is 0.895. The van der Waals surface area contributed by atoms with Crippen LogP contribution in [0.4, 0.5) is 0 Å². The Hall–Kier alpha value is -0.120. The molecule has 3 heterocycles. The van der Waals surface area contributed by atoms with Gasteiger partial charge in [-0.05, 0) is 38.8 Å². The van der Waals surface area contributed by atoms with Crippen molar-refractivity contribution in [3.63, 3.8) is 0 Å². The Balaban J connectivity index is 1.58. The maximum absolute atomic E-state index is 3.45. The van der Waals surface area contributed by atoms with Crippen LogP contribution >= 0.6 is 0 Å². The molecule has 0 aromatic heterocycles. The molecule has 3 aliphatic rings. The van der Waals surface area contributed by atoms with Gasteiger partial charge in [0.05, 0.1) is 0 Å². The second kappa shape index (κ2) is 4.40. The molecule has 15 heavy (non-hydrogen) atoms. The van der Waals surface area contributed by atoms with Crippen molar-refractivity contribution in [1.82, 2.24) is 15.1 Å². The third-order valence-corrected chi connectivity index (χ3v) is 4.46. The molecule has 3 heteroatoms. The summed E-state index contributed by atoms with van der Waals surface area (Å²) in [7, 11) is 0. The summed E-state index contributed by atoms with van der Waals surface area (Å²) in [5, 5.41) is 3.45. The number of nitrogens with zero attached hydrogens (tertiary/aromatic N) is 2. The molecule has 0 aromatic rings. The van der Waals surface area contributed by atoms with Crippen molar-refractivity contribution in [3.8, 4) is 0 Å². The molecule has 0 bridgehead atoms. The highest BCUT2D eigenvalue weighted by Crippen LogP contribution is 2.29. The van der Waals surface area contributed by atoms with Gasteiger partial charge in [0.2, 0.25) is 0 Å². The average molecular weight is 209 g/mol. The van der Waals surface area contributed by atoms with Gasteiger partial charge in [-0.3, -0.25) is 4.90 Å². The topological polar surface area (TPSA) is 18.5 Å². The van der Waals surface area contributed by atoms with Crippen LogP contribution in [0.25, 0.3) is 0 Å². The summed E-state index contributed by atoms with van der Waals surface area (Å²) < 4.78 is 0. The number of rotatable bonds is 1. The second-order valence-electron chi connectivity index (χ2n) is 5.30. The minimum atomic E-state index is 0.895. The monoisotopic (exact) mass is 209 g/mol. The zero-order valence-electron chi connectivity index (χ0n) is 9.62. The highest BCUT2D eigenvalue weighted by molar-refractivity contribution is 4.91. The fraction of sp³-hybridized carbons (Fsp3) is 1.00. The van der Waals surface area contributed by atoms with Gasteiger partial charge in [-0.25, -0.2) is 0 Å². The summed E-state index contributed by atoms with van der Waals surface area (Å²) in [6.07, 6.45) is 5.76. The summed E-state index contributed by atoms with van der Waals surface area (Å²) in [4.78, 5) is 5.45. The molecular formula is C12H23N3. The Bertz CT molecular complexity index is 213. The van der Waals surface area contributed by atoms with E-state index in [0.29, 0.717) is 0 Å². The van der Waals surface area contributed by atoms with Crippen LogP contribution < -0.4 is 5.32 Å². The predicted molar refractivity (Wildman–Crippen MR) is 62.1 cm³/mol. The average Bonchev–Trinajstić information content (AvgIpc) is 2.77. The van der Waals surface area contributed by atoms with Crippen molar-refractivity contribution in [2.45, 2.75) is 37.8 Å². The summed E-state index contributed by atoms with van der Waals surface area (Å²) in [5.74, 6) is 0. The van der Waals surface area contributed by atoms with Crippen LogP contribution in [0, 0.1) is 0 Å². The van der Waals surface area contributed by atoms with Gasteiger partial charge in [-0.2, -0.15) is 0 Å². The van der Waals surface area contributed by atoms with Crippen molar-refractivity contribution >= 4 is 0 Å². The normalized spacial score (nSPS) is 39.2. The number of nitrogens with one attached hydrogen (secondary N) is 1. The molecule has 2 unspecified atom stereocenters. The molecule has 0 aliphatic carbocycles. The Kier molecular flexibility index (Phi) is 2.95. The van der Waals surface area contributed by atoms with Crippen molar-refractivity contribution in [2.75, 3.05) is 39.3 Å². The zero-order valence-corrected chi connectivity index (χ0v) is 9.62. The van der Waals surface area contributed by atoms with Crippen molar-refractivity contribution in [2.24, 2.45) is 0 Å². The van der Waals surface area contributed by atoms with Gasteiger partial charge in [0, 0.05) is 38.3 Å². The lowest BCUT2D eigenvalue weighted by molar-refractivity contribution is 0.0792. The summed E-state index contributed by atoms with van der Waals surface area (Å²) in [5.41, 5.74) is 0. The Morgan fingerprint density at radius 1 is 0.800 bits per heavy atom. The first-order chi connectivity index (χ1) is 7.43. The molecule has 0 amide bonds. The van der Waals surface area contributed by atoms with E-state index >= 15 is 0 Å². The van der Waals surface area contributed by atoms with Crippen molar-refractivity contribution in [3.05, 3.63) is 0 Å². The van der Waals surface area contributed by atoms with E-state index in [1.54, 1.807) is 0 Å². The largest absolute Gasteiger partial charge is 0.314 e. The molecule has 3 rings (SSSR count). The predicted octanol–water partition coefficient (Wildman–Crippen LogP) is 0.518. The van der Waals surface area contributed by atoms with Crippen molar-refractivity contribution < 1.29 is 0 Å². The van der Waals surface area contributed by atoms with Gasteiger partial charge in [0.1, 0.15) is 0 Å². The smallest absolute Gasteiger partial charge is 0.0123 e. The van der Waals surface area contributed by atoms with E-state index in [2.05, 4.69) is 15.1 Å². The lowest BCUT2D eigenvalue weighted by atomic mass is 9.96. The standard InChI is InChI=1S/C12H23N3/c1-2-11-10-12(3-7-14(11)6-1)15-8-4-13-5-9-15/h11-13H,1-10H2. The van der Waals surface area contributed by atoms with E-state index < -0.39 is 0 Å². The van der Waals surface area contributed by atoms with E-state index in [1.807, 2.05) is 0 Å². The zero-order chi connectivity index (χ0) is 10.1. The highest BCUT2D eigenvalue weighted by atomic mass is 15.3. The Morgan fingerprint density at radius 2 is 1.53 bits per heavy atom. The van der Waals surface area contributed by atoms with E-state index in [1.165, 1.54) is 65.0 Å². The number of piperazine rings is 1. The number of piperidine rings is 1. The summed E-state index contributed by atoms with van der Waals surface area (Å²) >= 11 is 0. The lowest BCUT2D eigenvalue weighted by Gasteiger charge is -2.42. The van der Waals surface area contributed by atoms with Crippen LogP contribution in [-0.4, -0.2) is 61.2 Å². The first kappa shape index (κ1) is 10.1. The maximum atomic E-state index is 3.45. The van der Waals surface area contributed by atoms with Gasteiger partial charge >= 0.3 is 0 Å². The quantitative estimate of drug-likeness (QED) is 0.679. The molecule has 3 aliphatic heterocycles. The van der Waals surface area contributed by atoms with Crippen LogP contribution in [0.15, 0.2) is 0 Å². The van der Waals surface area contributed by atoms with E-state index in [4.69, 9.17) is 0 Å². The molecule has 0 radical (unpaired) electrons. The molecule has 3 nitrogen and oxygen atoms in total. The third-order valence-electron chi connectivity index (χ3n) is 4.46. The van der Waals surface area contributed by atoms with E-state index in [-0.39, 0.29) is 0 Å². The number of hydrogen-bond donors (Lipinski definition) is 1. The fourth-order valence-electron chi connectivity index (χ4n) is 3.58. The summed E-state index contributed by atoms with van der Waals surface area (Å²) in [6.45, 7) is 7.68. The molecule has 86 valence electrons. The molecule has 0 spiro atoms. The van der Waals surface area contributed by atoms with Gasteiger partial charge in [-0.1, -0.05) is 0 Å². The lowest BCUT2D eigenvalue weighted by Crippen LogP contribution is -2.53. The number of fused-ring (bicyclic) bond motifs is 1. The highest BCUT2D eigenvalue weighted by Gasteiger charge is 2.34. The molecule has 1 N–H and O–H groups in total. The second-order valence-corrected chi connectivity index (χ2v) is 5.30. The molecule has 3 fully saturated rings. The third kappa shape index (κ3) is 2.05. The first-order valence-corrected chi connectivity index (χ1v) is 6.62. The summed E-state index contributed by atoms with van der Waals surface area (Å²) in [6, 6.07) is 1.82. The van der Waals surface area contributed by atoms with Gasteiger partial charge in [0.15, 0.2) is 0 Å². The van der Waals surface area contributed by atoms with Gasteiger partial charge < -0.3 is 10.2 Å². The Morgan fingerprint density at radius 3 is 2.40 bits per heavy atom. The van der Waals surface area contributed by atoms with Crippen molar-refractivity contribution in [1.29, 1.82) is 0 Å². The molecule has 2 atom stereocenters. The van der Waals surface area contributed by atoms with E-state index in [0.717, 1.165) is 12.1 Å². The van der Waals surface area contributed by atoms with Gasteiger partial charge in [0.25, 0.3) is 0 Å². The molecular weight excluding hydrogens is 186 g/mol. The van der Waals surface area contributed by atoms with Crippen LogP contribution in [0.5, 0.6) is 0 Å². The number of hydrogen-bond acceptors (Lipinski definition) is 3. The van der Waals surface area contributed by atoms with Crippen LogP contribution in [-0.2, 0) is 0 Å². The van der Waals surface area contributed by atoms with Crippen LogP contribution in [0.1, 0.15) is 25.7 Å². The Labute approximate surface area is 92.8 Å². The first-order valence-electron chi connectivity index (χ1n) is 6.62. The molecule has 3 saturated heterocycles. The SMILES string of the molecule is C1CC2CC(N3CCNCC3)CCN2C1. The molecule has 0 saturated carbocycles. The fourth-order valence-corrected chi connectivity index (χ4v) is 3.58.